The standard InChI is InChI=1S/C22H28FN3O2S.HI/c1-24-22(25-15-16-29(27,28)21-10-6-5-9-20(21)23)26-19-13-11-18(12-14-19)17-7-3-2-4-8-17;/h2-10,18-19H,11-16H2,1H3,(H2,24,25,26);1H. The molecule has 0 radical (unpaired) electrons. The molecule has 30 heavy (non-hydrogen) atoms. The smallest absolute Gasteiger partial charge is 0.191 e. The van der Waals surface area contributed by atoms with Gasteiger partial charge >= 0.3 is 0 Å². The lowest BCUT2D eigenvalue weighted by Crippen LogP contribution is -2.45. The second-order valence-corrected chi connectivity index (χ2v) is 9.43. The number of benzene rings is 2. The van der Waals surface area contributed by atoms with Crippen molar-refractivity contribution in [2.24, 2.45) is 4.99 Å². The summed E-state index contributed by atoms with van der Waals surface area (Å²) in [6, 6.07) is 16.4. The van der Waals surface area contributed by atoms with Gasteiger partial charge in [-0.3, -0.25) is 4.99 Å². The first kappa shape index (κ1) is 24.6. The maximum atomic E-state index is 13.8. The van der Waals surface area contributed by atoms with Crippen molar-refractivity contribution >= 4 is 39.8 Å². The number of hydrogen-bond donors (Lipinski definition) is 2. The maximum absolute atomic E-state index is 13.8. The minimum Gasteiger partial charge on any atom is -0.355 e. The molecule has 2 aromatic rings. The number of nitrogens with zero attached hydrogens (tertiary/aromatic N) is 1. The van der Waals surface area contributed by atoms with E-state index in [1.165, 1.54) is 23.8 Å². The Morgan fingerprint density at radius 3 is 2.30 bits per heavy atom. The van der Waals surface area contributed by atoms with Gasteiger partial charge in [0.05, 0.1) is 5.75 Å². The summed E-state index contributed by atoms with van der Waals surface area (Å²) in [5, 5.41) is 6.43. The van der Waals surface area contributed by atoms with Crippen molar-refractivity contribution in [3.05, 3.63) is 66.0 Å². The first-order valence-electron chi connectivity index (χ1n) is 9.99. The van der Waals surface area contributed by atoms with Gasteiger partial charge in [-0.25, -0.2) is 12.8 Å². The molecule has 0 heterocycles. The van der Waals surface area contributed by atoms with E-state index in [4.69, 9.17) is 0 Å². The topological polar surface area (TPSA) is 70.6 Å². The van der Waals surface area contributed by atoms with E-state index in [9.17, 15) is 12.8 Å². The highest BCUT2D eigenvalue weighted by Gasteiger charge is 2.23. The van der Waals surface area contributed by atoms with Crippen LogP contribution >= 0.6 is 24.0 Å². The average Bonchev–Trinajstić information content (AvgIpc) is 2.74. The van der Waals surface area contributed by atoms with Gasteiger partial charge in [-0.2, -0.15) is 0 Å². The van der Waals surface area contributed by atoms with Gasteiger partial charge in [0.25, 0.3) is 0 Å². The molecule has 0 amide bonds. The summed E-state index contributed by atoms with van der Waals surface area (Å²) in [4.78, 5) is 3.93. The van der Waals surface area contributed by atoms with E-state index in [1.54, 1.807) is 7.05 Å². The number of aliphatic imine (C=N–C) groups is 1. The Morgan fingerprint density at radius 2 is 1.67 bits per heavy atom. The Balaban J connectivity index is 0.00000320. The first-order valence-corrected chi connectivity index (χ1v) is 11.6. The zero-order chi connectivity index (χ0) is 20.7. The van der Waals surface area contributed by atoms with Crippen LogP contribution < -0.4 is 10.6 Å². The number of halogens is 2. The molecule has 8 heteroatoms. The minimum absolute atomic E-state index is 0. The molecule has 0 bridgehead atoms. The van der Waals surface area contributed by atoms with Crippen LogP contribution in [-0.4, -0.2) is 39.8 Å². The van der Waals surface area contributed by atoms with Crippen LogP contribution in [0.3, 0.4) is 0 Å². The van der Waals surface area contributed by atoms with E-state index in [0.29, 0.717) is 17.9 Å². The molecule has 1 aliphatic rings. The molecule has 1 aliphatic carbocycles. The molecule has 0 aliphatic heterocycles. The molecule has 0 atom stereocenters. The van der Waals surface area contributed by atoms with E-state index in [0.717, 1.165) is 31.7 Å². The summed E-state index contributed by atoms with van der Waals surface area (Å²) < 4.78 is 38.5. The quantitative estimate of drug-likeness (QED) is 0.326. The van der Waals surface area contributed by atoms with E-state index in [2.05, 4.69) is 39.9 Å². The predicted octanol–water partition coefficient (Wildman–Crippen LogP) is 4.11. The summed E-state index contributed by atoms with van der Waals surface area (Å²) in [7, 11) is -2.02. The lowest BCUT2D eigenvalue weighted by molar-refractivity contribution is 0.371. The first-order chi connectivity index (χ1) is 14.0. The molecule has 2 N–H and O–H groups in total. The fourth-order valence-corrected chi connectivity index (χ4v) is 5.04. The molecule has 0 spiro atoms. The van der Waals surface area contributed by atoms with Crippen LogP contribution in [0.5, 0.6) is 0 Å². The summed E-state index contributed by atoms with van der Waals surface area (Å²) in [5.74, 6) is 0.257. The van der Waals surface area contributed by atoms with Crippen molar-refractivity contribution in [3.8, 4) is 0 Å². The van der Waals surface area contributed by atoms with Crippen LogP contribution in [0.4, 0.5) is 4.39 Å². The van der Waals surface area contributed by atoms with Crippen LogP contribution in [0.15, 0.2) is 64.5 Å². The molecule has 1 fully saturated rings. The van der Waals surface area contributed by atoms with Gasteiger partial charge in [0.2, 0.25) is 0 Å². The zero-order valence-corrected chi connectivity index (χ0v) is 20.2. The third kappa shape index (κ3) is 6.66. The Kier molecular flexibility index (Phi) is 9.54. The largest absolute Gasteiger partial charge is 0.355 e. The molecule has 0 aromatic heterocycles. The van der Waals surface area contributed by atoms with Gasteiger partial charge in [0.1, 0.15) is 10.7 Å². The van der Waals surface area contributed by atoms with Crippen molar-refractivity contribution in [2.45, 2.75) is 42.5 Å². The lowest BCUT2D eigenvalue weighted by Gasteiger charge is -2.30. The Hall–Kier alpha value is -1.68. The molecule has 2 aromatic carbocycles. The van der Waals surface area contributed by atoms with Gasteiger partial charge in [-0.1, -0.05) is 42.5 Å². The van der Waals surface area contributed by atoms with Gasteiger partial charge in [-0.15, -0.1) is 24.0 Å². The molecule has 0 saturated heterocycles. The number of nitrogens with one attached hydrogen (secondary N) is 2. The van der Waals surface area contributed by atoms with Crippen LogP contribution in [0.2, 0.25) is 0 Å². The molecule has 3 rings (SSSR count). The number of guanidine groups is 1. The summed E-state index contributed by atoms with van der Waals surface area (Å²) >= 11 is 0. The van der Waals surface area contributed by atoms with Crippen molar-refractivity contribution in [3.63, 3.8) is 0 Å². The third-order valence-electron chi connectivity index (χ3n) is 5.40. The van der Waals surface area contributed by atoms with Crippen LogP contribution in [-0.2, 0) is 9.84 Å². The average molecular weight is 545 g/mol. The molecular weight excluding hydrogens is 516 g/mol. The van der Waals surface area contributed by atoms with Crippen molar-refractivity contribution in [1.82, 2.24) is 10.6 Å². The summed E-state index contributed by atoms with van der Waals surface area (Å²) in [5.41, 5.74) is 1.40. The molecule has 164 valence electrons. The highest BCUT2D eigenvalue weighted by molar-refractivity contribution is 14.0. The van der Waals surface area contributed by atoms with Gasteiger partial charge in [-0.05, 0) is 49.3 Å². The summed E-state index contributed by atoms with van der Waals surface area (Å²) in [6.07, 6.45) is 4.29. The van der Waals surface area contributed by atoms with Gasteiger partial charge in [0.15, 0.2) is 15.8 Å². The SMILES string of the molecule is CN=C(NCCS(=O)(=O)c1ccccc1F)NC1CCC(c2ccccc2)CC1.I. The van der Waals surface area contributed by atoms with Crippen LogP contribution in [0.25, 0.3) is 0 Å². The summed E-state index contributed by atoms with van der Waals surface area (Å²) in [6.45, 7) is 0.162. The Labute approximate surface area is 195 Å². The number of hydrogen-bond acceptors (Lipinski definition) is 3. The minimum atomic E-state index is -3.69. The number of sulfone groups is 1. The van der Waals surface area contributed by atoms with Crippen molar-refractivity contribution in [2.75, 3.05) is 19.3 Å². The second kappa shape index (κ2) is 11.6. The second-order valence-electron chi connectivity index (χ2n) is 7.35. The fraction of sp³-hybridized carbons (Fsp3) is 0.409. The monoisotopic (exact) mass is 545 g/mol. The Bertz CT molecular complexity index is 930. The van der Waals surface area contributed by atoms with Gasteiger partial charge in [0, 0.05) is 19.6 Å². The van der Waals surface area contributed by atoms with E-state index in [-0.39, 0.29) is 41.2 Å². The van der Waals surface area contributed by atoms with Crippen molar-refractivity contribution in [1.29, 1.82) is 0 Å². The predicted molar refractivity (Wildman–Crippen MR) is 130 cm³/mol. The highest BCUT2D eigenvalue weighted by Crippen LogP contribution is 2.32. The van der Waals surface area contributed by atoms with Gasteiger partial charge < -0.3 is 10.6 Å². The van der Waals surface area contributed by atoms with E-state index in [1.807, 2.05) is 6.07 Å². The third-order valence-corrected chi connectivity index (χ3v) is 7.14. The zero-order valence-electron chi connectivity index (χ0n) is 17.1. The van der Waals surface area contributed by atoms with Crippen LogP contribution in [0.1, 0.15) is 37.2 Å². The van der Waals surface area contributed by atoms with E-state index >= 15 is 0 Å². The number of rotatable bonds is 6. The lowest BCUT2D eigenvalue weighted by atomic mass is 9.82. The van der Waals surface area contributed by atoms with E-state index < -0.39 is 15.7 Å². The molecular formula is C22H29FIN3O2S. The molecule has 1 saturated carbocycles. The molecule has 5 nitrogen and oxygen atoms in total. The van der Waals surface area contributed by atoms with Crippen molar-refractivity contribution < 1.29 is 12.8 Å². The normalized spacial score (nSPS) is 19.6. The Morgan fingerprint density at radius 1 is 1.03 bits per heavy atom. The van der Waals surface area contributed by atoms with Crippen LogP contribution in [0, 0.1) is 5.82 Å². The fourth-order valence-electron chi connectivity index (χ4n) is 3.79. The highest BCUT2D eigenvalue weighted by atomic mass is 127. The molecule has 0 unspecified atom stereocenters. The maximum Gasteiger partial charge on any atom is 0.191 e.